The van der Waals surface area contributed by atoms with Crippen LogP contribution in [0.25, 0.3) is 0 Å². The second-order valence-corrected chi connectivity index (χ2v) is 6.94. The number of carbonyl (C=O) groups is 1. The van der Waals surface area contributed by atoms with Gasteiger partial charge in [0.15, 0.2) is 0 Å². The van der Waals surface area contributed by atoms with E-state index in [9.17, 15) is 4.79 Å². The lowest BCUT2D eigenvalue weighted by Gasteiger charge is -2.15. The zero-order valence-electron chi connectivity index (χ0n) is 14.7. The van der Waals surface area contributed by atoms with Crippen LogP contribution in [-0.2, 0) is 11.8 Å². The normalized spacial score (nSPS) is 12.2. The lowest BCUT2D eigenvalue weighted by molar-refractivity contribution is -0.120. The fraction of sp³-hybridized carbons (Fsp3) is 0.150. The third-order valence-corrected chi connectivity index (χ3v) is 5.26. The van der Waals surface area contributed by atoms with E-state index in [-0.39, 0.29) is 11.2 Å². The summed E-state index contributed by atoms with van der Waals surface area (Å²) in [6, 6.07) is 19.6. The van der Waals surface area contributed by atoms with Gasteiger partial charge in [-0.05, 0) is 24.6 Å². The minimum absolute atomic E-state index is 0.164. The van der Waals surface area contributed by atoms with Crippen molar-refractivity contribution in [3.8, 4) is 0 Å². The number of carbonyl (C=O) groups excluding carboxylic acids is 1. The maximum atomic E-state index is 12.8. The first kappa shape index (κ1) is 17.9. The molecule has 1 N–H and O–H groups in total. The third kappa shape index (κ3) is 4.40. The lowest BCUT2D eigenvalue weighted by Crippen LogP contribution is -2.23. The molecule has 1 aromatic heterocycles. The fourth-order valence-electron chi connectivity index (χ4n) is 2.40. The van der Waals surface area contributed by atoms with E-state index in [4.69, 9.17) is 0 Å². The van der Waals surface area contributed by atoms with Crippen molar-refractivity contribution < 1.29 is 4.79 Å². The van der Waals surface area contributed by atoms with Crippen molar-refractivity contribution in [1.82, 2.24) is 15.2 Å². The Morgan fingerprint density at radius 3 is 2.42 bits per heavy atom. The number of hydrogen-bond acceptors (Lipinski definition) is 4. The maximum Gasteiger partial charge on any atom is 0.258 e. The summed E-state index contributed by atoms with van der Waals surface area (Å²) >= 11 is 1.50. The number of hydrogen-bond donors (Lipinski definition) is 1. The largest absolute Gasteiger partial charge is 0.272 e. The van der Waals surface area contributed by atoms with Gasteiger partial charge in [-0.15, -0.1) is 11.8 Å². The molecule has 0 aliphatic heterocycles. The highest BCUT2D eigenvalue weighted by Gasteiger charge is 2.21. The number of rotatable bonds is 6. The third-order valence-electron chi connectivity index (χ3n) is 3.99. The Labute approximate surface area is 157 Å². The Kier molecular flexibility index (Phi) is 5.86. The zero-order valence-corrected chi connectivity index (χ0v) is 15.5. The van der Waals surface area contributed by atoms with Crippen LogP contribution in [0, 0.1) is 6.92 Å². The van der Waals surface area contributed by atoms with E-state index in [2.05, 4.69) is 15.6 Å². The molecule has 6 heteroatoms. The van der Waals surface area contributed by atoms with Crippen LogP contribution < -0.4 is 5.43 Å². The van der Waals surface area contributed by atoms with Crippen molar-refractivity contribution in [2.45, 2.75) is 17.1 Å². The van der Waals surface area contributed by atoms with Gasteiger partial charge in [0.1, 0.15) is 5.25 Å². The highest BCUT2D eigenvalue weighted by Crippen LogP contribution is 2.35. The van der Waals surface area contributed by atoms with Gasteiger partial charge < -0.3 is 0 Å². The topological polar surface area (TPSA) is 59.3 Å². The van der Waals surface area contributed by atoms with E-state index in [1.165, 1.54) is 11.8 Å². The quantitative estimate of drug-likeness (QED) is 0.412. The number of hydrazone groups is 1. The summed E-state index contributed by atoms with van der Waals surface area (Å²) in [7, 11) is 1.87. The predicted molar refractivity (Wildman–Crippen MR) is 105 cm³/mol. The summed E-state index contributed by atoms with van der Waals surface area (Å²) in [5, 5.41) is 7.89. The number of benzene rings is 2. The molecule has 132 valence electrons. The molecule has 0 radical (unpaired) electrons. The van der Waals surface area contributed by atoms with Gasteiger partial charge in [-0.1, -0.05) is 48.5 Å². The SMILES string of the molecule is Cc1c(C=NNC(=O)C(Sc2ccccc2)c2ccccc2)cnn1C. The van der Waals surface area contributed by atoms with E-state index >= 15 is 0 Å². The summed E-state index contributed by atoms with van der Waals surface area (Å²) in [6.45, 7) is 1.95. The first-order valence-electron chi connectivity index (χ1n) is 8.23. The Balaban J connectivity index is 1.75. The highest BCUT2D eigenvalue weighted by molar-refractivity contribution is 8.00. The monoisotopic (exact) mass is 364 g/mol. The summed E-state index contributed by atoms with van der Waals surface area (Å²) in [5.74, 6) is -0.164. The summed E-state index contributed by atoms with van der Waals surface area (Å²) in [6.07, 6.45) is 3.34. The molecule has 3 rings (SSSR count). The standard InChI is InChI=1S/C20H20N4OS/c1-15-17(14-22-24(15)2)13-21-23-20(25)19(16-9-5-3-6-10-16)26-18-11-7-4-8-12-18/h3-14,19H,1-2H3,(H,23,25). The number of thioether (sulfide) groups is 1. The molecule has 1 heterocycles. The molecule has 0 saturated carbocycles. The number of nitrogens with zero attached hydrogens (tertiary/aromatic N) is 3. The van der Waals surface area contributed by atoms with Crippen molar-refractivity contribution in [3.05, 3.63) is 83.7 Å². The number of aryl methyl sites for hydroxylation is 1. The minimum atomic E-state index is -0.384. The van der Waals surface area contributed by atoms with E-state index in [1.807, 2.05) is 74.6 Å². The molecule has 3 aromatic rings. The van der Waals surface area contributed by atoms with E-state index in [0.717, 1.165) is 21.7 Å². The Hall–Kier alpha value is -2.86. The molecule has 1 amide bonds. The van der Waals surface area contributed by atoms with Crippen LogP contribution in [0.3, 0.4) is 0 Å². The zero-order chi connectivity index (χ0) is 18.4. The molecule has 5 nitrogen and oxygen atoms in total. The van der Waals surface area contributed by atoms with Crippen molar-refractivity contribution >= 4 is 23.9 Å². The van der Waals surface area contributed by atoms with E-state index < -0.39 is 0 Å². The van der Waals surface area contributed by atoms with Gasteiger partial charge in [-0.3, -0.25) is 9.48 Å². The molecule has 0 fully saturated rings. The molecule has 0 spiro atoms. The second kappa shape index (κ2) is 8.49. The maximum absolute atomic E-state index is 12.8. The van der Waals surface area contributed by atoms with Gasteiger partial charge >= 0.3 is 0 Å². The Morgan fingerprint density at radius 2 is 1.81 bits per heavy atom. The molecule has 0 aliphatic rings. The fourth-order valence-corrected chi connectivity index (χ4v) is 3.44. The molecular formula is C20H20N4OS. The van der Waals surface area contributed by atoms with Crippen molar-refractivity contribution in [1.29, 1.82) is 0 Å². The van der Waals surface area contributed by atoms with Gasteiger partial charge in [-0.25, -0.2) is 5.43 Å². The number of aromatic nitrogens is 2. The van der Waals surface area contributed by atoms with Crippen LogP contribution in [0.4, 0.5) is 0 Å². The molecule has 1 unspecified atom stereocenters. The van der Waals surface area contributed by atoms with Gasteiger partial charge in [0.25, 0.3) is 5.91 Å². The smallest absolute Gasteiger partial charge is 0.258 e. The number of amides is 1. The van der Waals surface area contributed by atoms with Crippen molar-refractivity contribution in [2.24, 2.45) is 12.1 Å². The van der Waals surface area contributed by atoms with Gasteiger partial charge in [0.05, 0.1) is 12.4 Å². The number of nitrogens with one attached hydrogen (secondary N) is 1. The minimum Gasteiger partial charge on any atom is -0.272 e. The molecule has 2 aromatic carbocycles. The van der Waals surface area contributed by atoms with Crippen molar-refractivity contribution in [3.63, 3.8) is 0 Å². The highest BCUT2D eigenvalue weighted by atomic mass is 32.2. The first-order valence-corrected chi connectivity index (χ1v) is 9.11. The second-order valence-electron chi connectivity index (χ2n) is 5.76. The van der Waals surface area contributed by atoms with Gasteiger partial charge in [0.2, 0.25) is 0 Å². The summed E-state index contributed by atoms with van der Waals surface area (Å²) < 4.78 is 1.77. The van der Waals surface area contributed by atoms with Crippen LogP contribution in [0.2, 0.25) is 0 Å². The van der Waals surface area contributed by atoms with E-state index in [0.29, 0.717) is 0 Å². The average Bonchev–Trinajstić information content (AvgIpc) is 3.00. The molecule has 0 bridgehead atoms. The molecule has 26 heavy (non-hydrogen) atoms. The molecule has 1 atom stereocenters. The molecule has 0 saturated heterocycles. The van der Waals surface area contributed by atoms with Crippen LogP contribution >= 0.6 is 11.8 Å². The predicted octanol–water partition coefficient (Wildman–Crippen LogP) is 3.71. The van der Waals surface area contributed by atoms with Crippen LogP contribution in [-0.4, -0.2) is 21.9 Å². The average molecular weight is 364 g/mol. The van der Waals surface area contributed by atoms with E-state index in [1.54, 1.807) is 17.1 Å². The van der Waals surface area contributed by atoms with Crippen LogP contribution in [0.1, 0.15) is 22.1 Å². The summed E-state index contributed by atoms with van der Waals surface area (Å²) in [4.78, 5) is 13.8. The first-order chi connectivity index (χ1) is 12.6. The molecule has 0 aliphatic carbocycles. The molecular weight excluding hydrogens is 344 g/mol. The Morgan fingerprint density at radius 1 is 1.15 bits per heavy atom. The van der Waals surface area contributed by atoms with Gasteiger partial charge in [-0.2, -0.15) is 10.2 Å². The summed E-state index contributed by atoms with van der Waals surface area (Å²) in [5.41, 5.74) is 5.46. The van der Waals surface area contributed by atoms with Crippen LogP contribution in [0.5, 0.6) is 0 Å². The Bertz CT molecular complexity index is 891. The van der Waals surface area contributed by atoms with Crippen LogP contribution in [0.15, 0.2) is 76.9 Å². The lowest BCUT2D eigenvalue weighted by atomic mass is 10.1. The van der Waals surface area contributed by atoms with Gasteiger partial charge in [0, 0.05) is 23.2 Å². The van der Waals surface area contributed by atoms with Crippen molar-refractivity contribution in [2.75, 3.05) is 0 Å².